The highest BCUT2D eigenvalue weighted by molar-refractivity contribution is 7.89. The average Bonchev–Trinajstić information content (AvgIpc) is 2.97. The number of benzene rings is 1. The van der Waals surface area contributed by atoms with Gasteiger partial charge in [-0.05, 0) is 32.0 Å². The highest BCUT2D eigenvalue weighted by Crippen LogP contribution is 2.19. The van der Waals surface area contributed by atoms with Gasteiger partial charge >= 0.3 is 0 Å². The van der Waals surface area contributed by atoms with Gasteiger partial charge in [0.05, 0.1) is 26.2 Å². The number of ketones is 1. The Kier molecular flexibility index (Phi) is 6.36. The molecular weight excluding hydrogens is 393 g/mol. The zero-order valence-electron chi connectivity index (χ0n) is 16.8. The van der Waals surface area contributed by atoms with E-state index in [1.54, 1.807) is 6.08 Å². The van der Waals surface area contributed by atoms with Gasteiger partial charge in [0.15, 0.2) is 0 Å². The number of rotatable bonds is 7. The minimum Gasteiger partial charge on any atom is -0.345 e. The van der Waals surface area contributed by atoms with Crippen molar-refractivity contribution in [1.29, 1.82) is 0 Å². The summed E-state index contributed by atoms with van der Waals surface area (Å²) in [6.45, 7) is 10.1. The minimum absolute atomic E-state index is 0.0498. The van der Waals surface area contributed by atoms with Crippen molar-refractivity contribution < 1.29 is 22.5 Å². The number of carbonyl (C=O) groups excluding carboxylic acids is 1. The maximum atomic E-state index is 13.9. The average molecular weight is 421 g/mol. The molecule has 1 aromatic heterocycles. The lowest BCUT2D eigenvalue weighted by molar-refractivity contribution is -0.895. The van der Waals surface area contributed by atoms with Crippen molar-refractivity contribution in [2.75, 3.05) is 32.7 Å². The molecule has 1 aliphatic rings. The first-order valence-corrected chi connectivity index (χ1v) is 11.1. The van der Waals surface area contributed by atoms with Crippen LogP contribution in [0.15, 0.2) is 47.9 Å². The largest absolute Gasteiger partial charge is 0.345 e. The minimum atomic E-state index is -3.86. The van der Waals surface area contributed by atoms with E-state index < -0.39 is 15.8 Å². The number of hydrogen-bond acceptors (Lipinski definition) is 3. The molecule has 0 saturated carbocycles. The molecule has 0 radical (unpaired) electrons. The zero-order chi connectivity index (χ0) is 21.2. The van der Waals surface area contributed by atoms with Gasteiger partial charge in [0.1, 0.15) is 17.3 Å². The number of hydrogen-bond donors (Lipinski definition) is 1. The lowest BCUT2D eigenvalue weighted by atomic mass is 10.1. The van der Waals surface area contributed by atoms with Crippen molar-refractivity contribution in [3.8, 4) is 0 Å². The molecule has 0 amide bonds. The zero-order valence-corrected chi connectivity index (χ0v) is 17.6. The van der Waals surface area contributed by atoms with Gasteiger partial charge in [-0.25, -0.2) is 12.8 Å². The van der Waals surface area contributed by atoms with Crippen LogP contribution < -0.4 is 4.90 Å². The molecule has 0 spiro atoms. The molecule has 0 unspecified atom stereocenters. The molecule has 1 aliphatic heterocycles. The fraction of sp³-hybridized carbons (Fsp3) is 0.381. The summed E-state index contributed by atoms with van der Waals surface area (Å²) in [6.07, 6.45) is 1.80. The summed E-state index contributed by atoms with van der Waals surface area (Å²) in [7, 11) is -3.86. The first-order chi connectivity index (χ1) is 13.8. The fourth-order valence-electron chi connectivity index (χ4n) is 3.83. The predicted molar refractivity (Wildman–Crippen MR) is 109 cm³/mol. The molecule has 1 N–H and O–H groups in total. The summed E-state index contributed by atoms with van der Waals surface area (Å²) in [5, 5.41) is 0. The quantitative estimate of drug-likeness (QED) is 0.541. The molecule has 0 aliphatic carbocycles. The molecule has 2 heterocycles. The molecule has 1 aromatic carbocycles. The Balaban J connectivity index is 1.64. The lowest BCUT2D eigenvalue weighted by Gasteiger charge is -2.31. The molecule has 1 saturated heterocycles. The summed E-state index contributed by atoms with van der Waals surface area (Å²) < 4.78 is 42.7. The number of Topliss-reactive ketones (excluding diaryl/α,β-unsaturated/α-hetero) is 1. The summed E-state index contributed by atoms with van der Waals surface area (Å²) in [4.78, 5) is 13.5. The molecule has 6 nitrogen and oxygen atoms in total. The van der Waals surface area contributed by atoms with Crippen LogP contribution in [0.4, 0.5) is 4.39 Å². The highest BCUT2D eigenvalue weighted by Gasteiger charge is 2.33. The second-order valence-corrected chi connectivity index (χ2v) is 9.27. The number of nitrogens with one attached hydrogen (secondary N) is 1. The van der Waals surface area contributed by atoms with Crippen LogP contribution in [0.2, 0.25) is 0 Å². The molecule has 29 heavy (non-hydrogen) atoms. The topological polar surface area (TPSA) is 63.8 Å². The van der Waals surface area contributed by atoms with Crippen molar-refractivity contribution in [2.24, 2.45) is 0 Å². The van der Waals surface area contributed by atoms with Crippen LogP contribution in [0, 0.1) is 19.7 Å². The normalized spacial score (nSPS) is 16.1. The Morgan fingerprint density at radius 3 is 2.52 bits per heavy atom. The predicted octanol–water partition coefficient (Wildman–Crippen LogP) is 1.20. The van der Waals surface area contributed by atoms with Gasteiger partial charge < -0.3 is 9.47 Å². The van der Waals surface area contributed by atoms with Gasteiger partial charge in [-0.3, -0.25) is 4.79 Å². The number of aromatic nitrogens is 1. The molecule has 8 heteroatoms. The van der Waals surface area contributed by atoms with Crippen molar-refractivity contribution in [3.05, 3.63) is 65.8 Å². The third kappa shape index (κ3) is 4.34. The summed E-state index contributed by atoms with van der Waals surface area (Å²) in [5.74, 6) is -0.693. The monoisotopic (exact) mass is 420 g/mol. The highest BCUT2D eigenvalue weighted by atomic mass is 32.2. The van der Waals surface area contributed by atoms with Crippen LogP contribution in [-0.4, -0.2) is 55.8 Å². The molecule has 1 fully saturated rings. The Hall–Kier alpha value is -2.29. The van der Waals surface area contributed by atoms with E-state index in [0.29, 0.717) is 31.7 Å². The third-order valence-electron chi connectivity index (χ3n) is 5.48. The summed E-state index contributed by atoms with van der Waals surface area (Å²) in [5.41, 5.74) is 2.65. The Labute approximate surface area is 171 Å². The van der Waals surface area contributed by atoms with E-state index in [9.17, 15) is 17.6 Å². The van der Waals surface area contributed by atoms with Gasteiger partial charge in [-0.15, -0.1) is 6.58 Å². The number of aryl methyl sites for hydroxylation is 1. The van der Waals surface area contributed by atoms with Crippen LogP contribution in [0.3, 0.4) is 0 Å². The van der Waals surface area contributed by atoms with Gasteiger partial charge in [0, 0.05) is 23.5 Å². The van der Waals surface area contributed by atoms with E-state index in [1.165, 1.54) is 22.5 Å². The van der Waals surface area contributed by atoms with Crippen molar-refractivity contribution in [1.82, 2.24) is 8.87 Å². The van der Waals surface area contributed by atoms with E-state index >= 15 is 0 Å². The van der Waals surface area contributed by atoms with Gasteiger partial charge in [-0.1, -0.05) is 18.2 Å². The number of halogens is 1. The number of piperazine rings is 1. The Morgan fingerprint density at radius 2 is 1.90 bits per heavy atom. The number of quaternary nitrogens is 1. The third-order valence-corrected chi connectivity index (χ3v) is 7.41. The van der Waals surface area contributed by atoms with E-state index in [2.05, 4.69) is 11.1 Å². The van der Waals surface area contributed by atoms with Crippen LogP contribution >= 0.6 is 0 Å². The van der Waals surface area contributed by atoms with Crippen LogP contribution in [0.1, 0.15) is 21.7 Å². The van der Waals surface area contributed by atoms with E-state index in [0.717, 1.165) is 22.4 Å². The second kappa shape index (κ2) is 8.61. The standard InChI is InChI=1S/C21H26FN3O3S/c1-4-9-25-16(2)14-18(17(25)3)20(26)15-23-10-12-24(13-11-23)29(27,28)21-8-6-5-7-19(21)22/h4-8,14H,1,9-13,15H2,2-3H3/p+1. The van der Waals surface area contributed by atoms with E-state index in [1.807, 2.05) is 19.9 Å². The number of sulfonamides is 1. The molecule has 156 valence electrons. The second-order valence-electron chi connectivity index (χ2n) is 7.37. The molecular formula is C21H27FN3O3S+. The van der Waals surface area contributed by atoms with Crippen molar-refractivity contribution in [2.45, 2.75) is 25.3 Å². The number of nitrogens with zero attached hydrogens (tertiary/aromatic N) is 2. The van der Waals surface area contributed by atoms with E-state index in [-0.39, 0.29) is 23.8 Å². The Morgan fingerprint density at radius 1 is 1.24 bits per heavy atom. The lowest BCUT2D eigenvalue weighted by Crippen LogP contribution is -3.15. The maximum absolute atomic E-state index is 13.9. The molecule has 0 bridgehead atoms. The first kappa shape index (κ1) is 21.4. The summed E-state index contributed by atoms with van der Waals surface area (Å²) >= 11 is 0. The van der Waals surface area contributed by atoms with Crippen LogP contribution in [0.5, 0.6) is 0 Å². The SMILES string of the molecule is C=CCn1c(C)cc(C(=O)C[NH+]2CCN(S(=O)(=O)c3ccccc3F)CC2)c1C. The van der Waals surface area contributed by atoms with Crippen LogP contribution in [-0.2, 0) is 16.6 Å². The summed E-state index contributed by atoms with van der Waals surface area (Å²) in [6, 6.07) is 7.31. The Bertz CT molecular complexity index is 1020. The van der Waals surface area contributed by atoms with Gasteiger partial charge in [-0.2, -0.15) is 4.31 Å². The fourth-order valence-corrected chi connectivity index (χ4v) is 5.33. The molecule has 0 atom stereocenters. The molecule has 2 aromatic rings. The van der Waals surface area contributed by atoms with E-state index in [4.69, 9.17) is 0 Å². The van der Waals surface area contributed by atoms with Gasteiger partial charge in [0.2, 0.25) is 15.8 Å². The molecule has 3 rings (SSSR count). The maximum Gasteiger partial charge on any atom is 0.246 e. The van der Waals surface area contributed by atoms with Crippen molar-refractivity contribution >= 4 is 15.8 Å². The number of carbonyl (C=O) groups is 1. The van der Waals surface area contributed by atoms with Crippen molar-refractivity contribution in [3.63, 3.8) is 0 Å². The van der Waals surface area contributed by atoms with Gasteiger partial charge in [0.25, 0.3) is 0 Å². The number of allylic oxidation sites excluding steroid dienone is 1. The first-order valence-electron chi connectivity index (χ1n) is 9.64. The van der Waals surface area contributed by atoms with Crippen LogP contribution in [0.25, 0.3) is 0 Å². The smallest absolute Gasteiger partial charge is 0.246 e.